The first-order valence-electron chi connectivity index (χ1n) is 8.25. The molecule has 0 aliphatic carbocycles. The highest BCUT2D eigenvalue weighted by molar-refractivity contribution is 5.95. The van der Waals surface area contributed by atoms with Crippen LogP contribution in [0.1, 0.15) is 28.4 Å². The van der Waals surface area contributed by atoms with Gasteiger partial charge in [-0.1, -0.05) is 12.1 Å². The molecule has 0 aromatic heterocycles. The minimum Gasteiger partial charge on any atom is -0.481 e. The number of hydrogen-bond acceptors (Lipinski definition) is 4. The first-order chi connectivity index (χ1) is 13.1. The molecule has 2 aromatic rings. The van der Waals surface area contributed by atoms with E-state index in [1.165, 1.54) is 6.92 Å². The number of amides is 2. The summed E-state index contributed by atoms with van der Waals surface area (Å²) < 4.78 is 45.7. The Bertz CT molecular complexity index is 851. The van der Waals surface area contributed by atoms with Crippen molar-refractivity contribution in [3.63, 3.8) is 0 Å². The van der Waals surface area contributed by atoms with Gasteiger partial charge in [-0.05, 0) is 62.2 Å². The summed E-state index contributed by atoms with van der Waals surface area (Å²) in [5.74, 6) is -1.20. The second-order valence-corrected chi connectivity index (χ2v) is 5.97. The lowest BCUT2D eigenvalue weighted by molar-refractivity contribution is -0.274. The third-order valence-electron chi connectivity index (χ3n) is 3.88. The first-order valence-corrected chi connectivity index (χ1v) is 8.25. The highest BCUT2D eigenvalue weighted by Crippen LogP contribution is 2.23. The molecule has 9 heteroatoms. The van der Waals surface area contributed by atoms with Crippen LogP contribution < -0.4 is 20.3 Å². The zero-order valence-electron chi connectivity index (χ0n) is 15.4. The van der Waals surface area contributed by atoms with E-state index in [1.54, 1.807) is 12.1 Å². The Morgan fingerprint density at radius 2 is 1.64 bits per heavy atom. The number of aryl methyl sites for hydroxylation is 1. The fourth-order valence-electron chi connectivity index (χ4n) is 2.20. The number of hydrogen-bond donors (Lipinski definition) is 2. The SMILES string of the molecule is Cc1cccc(O[C@H](C)C(=O)NNC(=O)c2ccc(OC(F)(F)F)cc2)c1C. The highest BCUT2D eigenvalue weighted by atomic mass is 19.4. The van der Waals surface area contributed by atoms with Crippen molar-refractivity contribution in [3.8, 4) is 11.5 Å². The minimum atomic E-state index is -4.82. The molecule has 0 heterocycles. The van der Waals surface area contributed by atoms with Crippen LogP contribution in [0.5, 0.6) is 11.5 Å². The maximum Gasteiger partial charge on any atom is 0.573 e. The summed E-state index contributed by atoms with van der Waals surface area (Å²) in [4.78, 5) is 24.1. The average Bonchev–Trinajstić information content (AvgIpc) is 2.62. The molecule has 2 rings (SSSR count). The number of halogens is 3. The van der Waals surface area contributed by atoms with Crippen LogP contribution in [-0.4, -0.2) is 24.3 Å². The van der Waals surface area contributed by atoms with E-state index in [4.69, 9.17) is 4.74 Å². The van der Waals surface area contributed by atoms with Crippen molar-refractivity contribution in [1.82, 2.24) is 10.9 Å². The molecule has 0 spiro atoms. The van der Waals surface area contributed by atoms with Gasteiger partial charge >= 0.3 is 6.36 Å². The Morgan fingerprint density at radius 1 is 1.00 bits per heavy atom. The fraction of sp³-hybridized carbons (Fsp3) is 0.263. The van der Waals surface area contributed by atoms with Gasteiger partial charge in [-0.15, -0.1) is 13.2 Å². The number of alkyl halides is 3. The van der Waals surface area contributed by atoms with Gasteiger partial charge in [-0.3, -0.25) is 20.4 Å². The van der Waals surface area contributed by atoms with Gasteiger partial charge in [-0.25, -0.2) is 0 Å². The van der Waals surface area contributed by atoms with Crippen molar-refractivity contribution in [2.45, 2.75) is 33.2 Å². The molecule has 0 saturated carbocycles. The molecule has 2 N–H and O–H groups in total. The van der Waals surface area contributed by atoms with Crippen molar-refractivity contribution in [3.05, 3.63) is 59.2 Å². The van der Waals surface area contributed by atoms with Crippen LogP contribution in [0.2, 0.25) is 0 Å². The molecule has 0 unspecified atom stereocenters. The molecule has 0 bridgehead atoms. The van der Waals surface area contributed by atoms with Crippen molar-refractivity contribution in [2.75, 3.05) is 0 Å². The predicted molar refractivity (Wildman–Crippen MR) is 94.7 cm³/mol. The average molecular weight is 396 g/mol. The van der Waals surface area contributed by atoms with Gasteiger partial charge in [0.05, 0.1) is 0 Å². The first kappa shape index (κ1) is 21.1. The zero-order chi connectivity index (χ0) is 20.9. The molecule has 0 fully saturated rings. The zero-order valence-corrected chi connectivity index (χ0v) is 15.4. The van der Waals surface area contributed by atoms with Gasteiger partial charge < -0.3 is 9.47 Å². The number of carbonyl (C=O) groups is 2. The smallest absolute Gasteiger partial charge is 0.481 e. The quantitative estimate of drug-likeness (QED) is 0.760. The molecule has 6 nitrogen and oxygen atoms in total. The predicted octanol–water partition coefficient (Wildman–Crippen LogP) is 3.43. The van der Waals surface area contributed by atoms with Gasteiger partial charge in [0.2, 0.25) is 0 Å². The summed E-state index contributed by atoms with van der Waals surface area (Å²) >= 11 is 0. The molecule has 2 aromatic carbocycles. The van der Waals surface area contributed by atoms with E-state index < -0.39 is 30.0 Å². The molecule has 28 heavy (non-hydrogen) atoms. The van der Waals surface area contributed by atoms with Crippen LogP contribution in [0.4, 0.5) is 13.2 Å². The summed E-state index contributed by atoms with van der Waals surface area (Å²) in [5, 5.41) is 0. The number of ether oxygens (including phenoxy) is 2. The lowest BCUT2D eigenvalue weighted by Gasteiger charge is -2.17. The van der Waals surface area contributed by atoms with Crippen LogP contribution in [-0.2, 0) is 4.79 Å². The Labute approximate surface area is 159 Å². The van der Waals surface area contributed by atoms with Crippen LogP contribution in [0.25, 0.3) is 0 Å². The van der Waals surface area contributed by atoms with Crippen molar-refractivity contribution in [1.29, 1.82) is 0 Å². The summed E-state index contributed by atoms with van der Waals surface area (Å²) in [7, 11) is 0. The number of nitrogens with one attached hydrogen (secondary N) is 2. The molecule has 1 atom stereocenters. The van der Waals surface area contributed by atoms with Crippen molar-refractivity contribution >= 4 is 11.8 Å². The lowest BCUT2D eigenvalue weighted by atomic mass is 10.1. The fourth-order valence-corrected chi connectivity index (χ4v) is 2.20. The third kappa shape index (κ3) is 5.90. The summed E-state index contributed by atoms with van der Waals surface area (Å²) in [6.07, 6.45) is -5.70. The van der Waals surface area contributed by atoms with Crippen molar-refractivity contribution in [2.24, 2.45) is 0 Å². The van der Waals surface area contributed by atoms with Gasteiger partial charge in [0.15, 0.2) is 6.10 Å². The van der Waals surface area contributed by atoms with Crippen LogP contribution in [0.3, 0.4) is 0 Å². The number of benzene rings is 2. The molecule has 2 amide bonds. The molecule has 0 aliphatic rings. The molecule has 0 radical (unpaired) electrons. The van der Waals surface area contributed by atoms with E-state index in [9.17, 15) is 22.8 Å². The standard InChI is InChI=1S/C19H19F3N2O4/c1-11-5-4-6-16(12(11)2)27-13(3)17(25)23-24-18(26)14-7-9-15(10-8-14)28-19(20,21)22/h4-10,13H,1-3H3,(H,23,25)(H,24,26)/t13-/m1/s1. The number of rotatable bonds is 5. The molecule has 0 aliphatic heterocycles. The van der Waals surface area contributed by atoms with Crippen molar-refractivity contribution < 1.29 is 32.2 Å². The van der Waals surface area contributed by atoms with E-state index in [0.29, 0.717) is 5.75 Å². The van der Waals surface area contributed by atoms with Crippen LogP contribution in [0.15, 0.2) is 42.5 Å². The molecule has 150 valence electrons. The Morgan fingerprint density at radius 3 is 2.25 bits per heavy atom. The second kappa shape index (κ2) is 8.64. The van der Waals surface area contributed by atoms with E-state index in [-0.39, 0.29) is 5.56 Å². The number of carbonyl (C=O) groups excluding carboxylic acids is 2. The Kier molecular flexibility index (Phi) is 6.50. The van der Waals surface area contributed by atoms with E-state index in [0.717, 1.165) is 35.4 Å². The molecule has 0 saturated heterocycles. The van der Waals surface area contributed by atoms with E-state index in [1.807, 2.05) is 19.9 Å². The molecular formula is C19H19F3N2O4. The number of hydrazine groups is 1. The normalized spacial score (nSPS) is 12.1. The summed E-state index contributed by atoms with van der Waals surface area (Å²) in [6, 6.07) is 9.72. The van der Waals surface area contributed by atoms with E-state index >= 15 is 0 Å². The Hall–Kier alpha value is -3.23. The van der Waals surface area contributed by atoms with Crippen LogP contribution in [0, 0.1) is 13.8 Å². The topological polar surface area (TPSA) is 76.7 Å². The highest BCUT2D eigenvalue weighted by Gasteiger charge is 2.31. The maximum absolute atomic E-state index is 12.1. The lowest BCUT2D eigenvalue weighted by Crippen LogP contribution is -2.47. The van der Waals surface area contributed by atoms with Gasteiger partial charge in [0.1, 0.15) is 11.5 Å². The maximum atomic E-state index is 12.1. The van der Waals surface area contributed by atoms with Crippen LogP contribution >= 0.6 is 0 Å². The van der Waals surface area contributed by atoms with E-state index in [2.05, 4.69) is 15.6 Å². The summed E-state index contributed by atoms with van der Waals surface area (Å²) in [6.45, 7) is 5.30. The summed E-state index contributed by atoms with van der Waals surface area (Å²) in [5.41, 5.74) is 6.34. The largest absolute Gasteiger partial charge is 0.573 e. The van der Waals surface area contributed by atoms with Gasteiger partial charge in [0, 0.05) is 5.56 Å². The second-order valence-electron chi connectivity index (χ2n) is 5.97. The molecular weight excluding hydrogens is 377 g/mol. The minimum absolute atomic E-state index is 0.0397. The third-order valence-corrected chi connectivity index (χ3v) is 3.88. The monoisotopic (exact) mass is 396 g/mol. The van der Waals surface area contributed by atoms with Gasteiger partial charge in [0.25, 0.3) is 11.8 Å². The Balaban J connectivity index is 1.89. The van der Waals surface area contributed by atoms with Gasteiger partial charge in [-0.2, -0.15) is 0 Å².